The summed E-state index contributed by atoms with van der Waals surface area (Å²) in [4.78, 5) is 21.6. The summed E-state index contributed by atoms with van der Waals surface area (Å²) in [6.45, 7) is 3.46. The van der Waals surface area contributed by atoms with Crippen LogP contribution in [0.25, 0.3) is 0 Å². The molecule has 4 rings (SSSR count). The number of hydrogen-bond donors (Lipinski definition) is 0. The first kappa shape index (κ1) is 15.1. The highest BCUT2D eigenvalue weighted by atomic mass is 16.5. The molecule has 2 fully saturated rings. The Labute approximate surface area is 137 Å². The molecule has 23 heavy (non-hydrogen) atoms. The Kier molecular flexibility index (Phi) is 3.50. The lowest BCUT2D eigenvalue weighted by Crippen LogP contribution is -2.55. The Morgan fingerprint density at radius 1 is 1.35 bits per heavy atom. The summed E-state index contributed by atoms with van der Waals surface area (Å²) in [7, 11) is 3.90. The number of nitrogens with zero attached hydrogens (tertiary/aromatic N) is 4. The maximum Gasteiger partial charge on any atom is 0.225 e. The zero-order valence-electron chi connectivity index (χ0n) is 14.1. The molecule has 3 heterocycles. The van der Waals surface area contributed by atoms with Crippen molar-refractivity contribution in [2.45, 2.75) is 56.3 Å². The number of hydrogen-bond acceptors (Lipinski definition) is 4. The van der Waals surface area contributed by atoms with Crippen molar-refractivity contribution in [2.75, 3.05) is 27.2 Å². The fourth-order valence-electron chi connectivity index (χ4n) is 4.37. The second-order valence-electron chi connectivity index (χ2n) is 7.53. The lowest BCUT2D eigenvalue weighted by Gasteiger charge is -2.43. The van der Waals surface area contributed by atoms with Gasteiger partial charge in [0.15, 0.2) is 0 Å². The summed E-state index contributed by atoms with van der Waals surface area (Å²) >= 11 is 0. The van der Waals surface area contributed by atoms with Crippen LogP contribution < -0.4 is 0 Å². The number of likely N-dealkylation sites (N-methyl/N-ethyl adjacent to an activating group) is 1. The van der Waals surface area contributed by atoms with E-state index in [2.05, 4.69) is 32.6 Å². The number of methoxy groups -OCH3 is 1. The molecule has 0 N–H and O–H groups in total. The normalized spacial score (nSPS) is 29.6. The molecule has 0 radical (unpaired) electrons. The first-order valence-corrected chi connectivity index (χ1v) is 8.60. The first-order chi connectivity index (χ1) is 11.1. The van der Waals surface area contributed by atoms with Crippen LogP contribution in [0.2, 0.25) is 0 Å². The number of aromatic nitrogens is 2. The quantitative estimate of drug-likeness (QED) is 0.842. The Bertz CT molecular complexity index is 604. The summed E-state index contributed by atoms with van der Waals surface area (Å²) in [5.74, 6) is 1.38. The number of carbonyl (C=O) groups is 1. The van der Waals surface area contributed by atoms with Crippen LogP contribution in [0.5, 0.6) is 0 Å². The fourth-order valence-corrected chi connectivity index (χ4v) is 4.37. The summed E-state index contributed by atoms with van der Waals surface area (Å²) in [5, 5.41) is 0. The number of imidazole rings is 1. The molecule has 1 unspecified atom stereocenters. The van der Waals surface area contributed by atoms with Crippen molar-refractivity contribution >= 4 is 5.91 Å². The van der Waals surface area contributed by atoms with Gasteiger partial charge in [0.2, 0.25) is 5.91 Å². The van der Waals surface area contributed by atoms with Crippen LogP contribution in [0.15, 0.2) is 12.4 Å². The monoisotopic (exact) mass is 318 g/mol. The smallest absolute Gasteiger partial charge is 0.225 e. The van der Waals surface area contributed by atoms with E-state index in [1.54, 1.807) is 7.11 Å². The molecule has 1 amide bonds. The number of rotatable bonds is 3. The first-order valence-electron chi connectivity index (χ1n) is 8.60. The van der Waals surface area contributed by atoms with Gasteiger partial charge < -0.3 is 14.2 Å². The van der Waals surface area contributed by atoms with Gasteiger partial charge in [-0.1, -0.05) is 0 Å². The average Bonchev–Trinajstić information content (AvgIpc) is 3.11. The molecule has 2 aliphatic heterocycles. The van der Waals surface area contributed by atoms with Crippen molar-refractivity contribution in [3.8, 4) is 0 Å². The second-order valence-corrected chi connectivity index (χ2v) is 7.53. The van der Waals surface area contributed by atoms with Crippen molar-refractivity contribution in [3.63, 3.8) is 0 Å². The molecule has 1 aliphatic carbocycles. The average molecular weight is 318 g/mol. The van der Waals surface area contributed by atoms with Gasteiger partial charge in [-0.2, -0.15) is 0 Å². The molecule has 0 bridgehead atoms. The SMILES string of the molecule is COC1(CC(=O)N2CCC3(C2)Cn2ccnc2CN3C)CCC1. The van der Waals surface area contributed by atoms with Crippen molar-refractivity contribution in [2.24, 2.45) is 0 Å². The van der Waals surface area contributed by atoms with Crippen LogP contribution >= 0.6 is 0 Å². The molecular formula is C17H26N4O2. The number of amides is 1. The van der Waals surface area contributed by atoms with Crippen molar-refractivity contribution < 1.29 is 9.53 Å². The third kappa shape index (κ3) is 2.39. The molecule has 1 saturated carbocycles. The van der Waals surface area contributed by atoms with Crippen molar-refractivity contribution in [1.29, 1.82) is 0 Å². The summed E-state index contributed by atoms with van der Waals surface area (Å²) in [6.07, 6.45) is 8.73. The van der Waals surface area contributed by atoms with Gasteiger partial charge >= 0.3 is 0 Å². The highest BCUT2D eigenvalue weighted by molar-refractivity contribution is 5.78. The Morgan fingerprint density at radius 2 is 2.17 bits per heavy atom. The van der Waals surface area contributed by atoms with E-state index in [0.29, 0.717) is 6.42 Å². The maximum atomic E-state index is 12.7. The number of carbonyl (C=O) groups excluding carboxylic acids is 1. The van der Waals surface area contributed by atoms with Gasteiger partial charge in [0, 0.05) is 39.1 Å². The van der Waals surface area contributed by atoms with Gasteiger partial charge in [-0.25, -0.2) is 4.98 Å². The van der Waals surface area contributed by atoms with E-state index in [-0.39, 0.29) is 17.0 Å². The van der Waals surface area contributed by atoms with E-state index in [0.717, 1.165) is 51.3 Å². The molecule has 126 valence electrons. The molecule has 1 aromatic rings. The fraction of sp³-hybridized carbons (Fsp3) is 0.765. The van der Waals surface area contributed by atoms with Crippen LogP contribution in [-0.4, -0.2) is 63.6 Å². The summed E-state index contributed by atoms with van der Waals surface area (Å²) < 4.78 is 7.87. The van der Waals surface area contributed by atoms with E-state index < -0.39 is 0 Å². The van der Waals surface area contributed by atoms with E-state index in [1.165, 1.54) is 6.42 Å². The van der Waals surface area contributed by atoms with Crippen LogP contribution in [-0.2, 0) is 22.6 Å². The molecule has 3 aliphatic rings. The van der Waals surface area contributed by atoms with Crippen LogP contribution in [0.4, 0.5) is 0 Å². The Balaban J connectivity index is 1.45. The van der Waals surface area contributed by atoms with Crippen LogP contribution in [0, 0.1) is 0 Å². The van der Waals surface area contributed by atoms with Gasteiger partial charge in [0.1, 0.15) is 5.82 Å². The molecule has 1 saturated heterocycles. The standard InChI is InChI=1S/C17H26N4O2/c1-19-11-14-18-7-9-20(14)12-16(19)6-8-21(13-16)15(22)10-17(23-2)4-3-5-17/h7,9H,3-6,8,10-13H2,1-2H3. The molecule has 6 nitrogen and oxygen atoms in total. The van der Waals surface area contributed by atoms with Crippen molar-refractivity contribution in [3.05, 3.63) is 18.2 Å². The predicted octanol–water partition coefficient (Wildman–Crippen LogP) is 1.26. The molecule has 1 aromatic heterocycles. The zero-order valence-corrected chi connectivity index (χ0v) is 14.1. The number of fused-ring (bicyclic) bond motifs is 1. The minimum Gasteiger partial charge on any atom is -0.378 e. The minimum atomic E-state index is -0.178. The van der Waals surface area contributed by atoms with Gasteiger partial charge in [-0.3, -0.25) is 9.69 Å². The van der Waals surface area contributed by atoms with Gasteiger partial charge in [0.25, 0.3) is 0 Å². The Morgan fingerprint density at radius 3 is 2.87 bits per heavy atom. The molecule has 1 atom stereocenters. The second kappa shape index (κ2) is 5.31. The van der Waals surface area contributed by atoms with Crippen LogP contribution in [0.1, 0.15) is 37.9 Å². The lowest BCUT2D eigenvalue weighted by molar-refractivity contribution is -0.143. The Hall–Kier alpha value is -1.40. The summed E-state index contributed by atoms with van der Waals surface area (Å²) in [6, 6.07) is 0. The predicted molar refractivity (Wildman–Crippen MR) is 85.8 cm³/mol. The topological polar surface area (TPSA) is 50.6 Å². The number of likely N-dealkylation sites (tertiary alicyclic amines) is 1. The third-order valence-electron chi connectivity index (χ3n) is 6.31. The molecule has 6 heteroatoms. The molecule has 0 aromatic carbocycles. The van der Waals surface area contributed by atoms with Crippen molar-refractivity contribution in [1.82, 2.24) is 19.4 Å². The third-order valence-corrected chi connectivity index (χ3v) is 6.31. The van der Waals surface area contributed by atoms with Gasteiger partial charge in [-0.15, -0.1) is 0 Å². The van der Waals surface area contributed by atoms with E-state index in [9.17, 15) is 4.79 Å². The highest BCUT2D eigenvalue weighted by Gasteiger charge is 2.47. The number of ether oxygens (including phenoxy) is 1. The van der Waals surface area contributed by atoms with Gasteiger partial charge in [-0.05, 0) is 32.7 Å². The van der Waals surface area contributed by atoms with E-state index in [1.807, 2.05) is 6.20 Å². The lowest BCUT2D eigenvalue weighted by atomic mass is 9.77. The van der Waals surface area contributed by atoms with E-state index in [4.69, 9.17) is 4.74 Å². The summed E-state index contributed by atoms with van der Waals surface area (Å²) in [5.41, 5.74) is -0.119. The zero-order chi connectivity index (χ0) is 16.1. The maximum absolute atomic E-state index is 12.7. The highest BCUT2D eigenvalue weighted by Crippen LogP contribution is 2.40. The largest absolute Gasteiger partial charge is 0.378 e. The van der Waals surface area contributed by atoms with E-state index >= 15 is 0 Å². The minimum absolute atomic E-state index is 0.0587. The van der Waals surface area contributed by atoms with Crippen LogP contribution in [0.3, 0.4) is 0 Å². The molecule has 1 spiro atoms. The van der Waals surface area contributed by atoms with Gasteiger partial charge in [0.05, 0.1) is 24.1 Å². The molecular weight excluding hydrogens is 292 g/mol.